The number of rotatable bonds is 9. The fourth-order valence-electron chi connectivity index (χ4n) is 3.41. The highest BCUT2D eigenvalue weighted by atomic mass is 32.1. The quantitative estimate of drug-likeness (QED) is 0.387. The van der Waals surface area contributed by atoms with Gasteiger partial charge in [-0.1, -0.05) is 63.6 Å². The van der Waals surface area contributed by atoms with E-state index < -0.39 is 0 Å². The second kappa shape index (κ2) is 11.1. The molecule has 32 heavy (non-hydrogen) atoms. The van der Waals surface area contributed by atoms with Gasteiger partial charge in [0.1, 0.15) is 17.4 Å². The molecular weight excluding hydrogens is 418 g/mol. The van der Waals surface area contributed by atoms with Crippen LogP contribution in [0.1, 0.15) is 55.4 Å². The Morgan fingerprint density at radius 3 is 2.50 bits per heavy atom. The molecule has 2 aromatic carbocycles. The van der Waals surface area contributed by atoms with E-state index in [0.717, 1.165) is 27.7 Å². The van der Waals surface area contributed by atoms with Crippen molar-refractivity contribution in [1.29, 1.82) is 0 Å². The first-order valence-electron chi connectivity index (χ1n) is 11.1. The number of urea groups is 1. The molecule has 0 bridgehead atoms. The minimum Gasteiger partial charge on any atom is -0.486 e. The van der Waals surface area contributed by atoms with Crippen LogP contribution in [0.3, 0.4) is 0 Å². The molecule has 1 aromatic heterocycles. The lowest BCUT2D eigenvalue weighted by molar-refractivity contribution is 0.201. The Morgan fingerprint density at radius 1 is 1.09 bits per heavy atom. The van der Waals surface area contributed by atoms with E-state index in [0.29, 0.717) is 31.5 Å². The van der Waals surface area contributed by atoms with Crippen molar-refractivity contribution >= 4 is 23.1 Å². The molecule has 0 fully saturated rings. The first-order chi connectivity index (χ1) is 15.3. The van der Waals surface area contributed by atoms with E-state index >= 15 is 0 Å². The number of hydrogen-bond acceptors (Lipinski definition) is 4. The molecule has 0 radical (unpaired) electrons. The molecule has 0 spiro atoms. The van der Waals surface area contributed by atoms with Gasteiger partial charge in [-0.2, -0.15) is 0 Å². The van der Waals surface area contributed by atoms with Crippen LogP contribution in [0.25, 0.3) is 0 Å². The number of nitrogens with zero attached hydrogens (tertiary/aromatic N) is 2. The molecule has 6 heteroatoms. The van der Waals surface area contributed by atoms with Crippen LogP contribution in [0.4, 0.5) is 10.5 Å². The molecule has 0 saturated heterocycles. The Kier molecular flexibility index (Phi) is 8.28. The maximum Gasteiger partial charge on any atom is 0.322 e. The predicted octanol–water partition coefficient (Wildman–Crippen LogP) is 6.84. The summed E-state index contributed by atoms with van der Waals surface area (Å²) in [6.45, 7) is 12.1. The molecule has 5 nitrogen and oxygen atoms in total. The summed E-state index contributed by atoms with van der Waals surface area (Å²) >= 11 is 1.57. The third kappa shape index (κ3) is 6.82. The Morgan fingerprint density at radius 2 is 1.81 bits per heavy atom. The number of amides is 2. The van der Waals surface area contributed by atoms with Gasteiger partial charge in [-0.25, -0.2) is 9.78 Å². The third-order valence-corrected chi connectivity index (χ3v) is 5.89. The van der Waals surface area contributed by atoms with Gasteiger partial charge in [0.25, 0.3) is 0 Å². The lowest BCUT2D eigenvalue weighted by atomic mass is 10.0. The molecule has 2 amide bonds. The van der Waals surface area contributed by atoms with Crippen LogP contribution in [-0.4, -0.2) is 22.5 Å². The van der Waals surface area contributed by atoms with E-state index in [9.17, 15) is 4.79 Å². The molecule has 0 saturated carbocycles. The SMILES string of the molecule is Cc1ccc(NC(=O)N(Cc2csc(COc3ccccc3C(C)C)n2)CC(C)C)cc1. The van der Waals surface area contributed by atoms with Crippen molar-refractivity contribution < 1.29 is 9.53 Å². The van der Waals surface area contributed by atoms with Gasteiger partial charge in [0.2, 0.25) is 0 Å². The number of carbonyl (C=O) groups is 1. The minimum atomic E-state index is -0.112. The Labute approximate surface area is 195 Å². The molecule has 0 atom stereocenters. The van der Waals surface area contributed by atoms with Crippen LogP contribution < -0.4 is 10.1 Å². The minimum absolute atomic E-state index is 0.112. The van der Waals surface area contributed by atoms with Crippen molar-refractivity contribution in [1.82, 2.24) is 9.88 Å². The number of para-hydroxylation sites is 1. The largest absolute Gasteiger partial charge is 0.486 e. The van der Waals surface area contributed by atoms with E-state index in [1.165, 1.54) is 5.56 Å². The van der Waals surface area contributed by atoms with Gasteiger partial charge in [-0.15, -0.1) is 11.3 Å². The first kappa shape index (κ1) is 23.8. The zero-order valence-electron chi connectivity index (χ0n) is 19.6. The Balaban J connectivity index is 1.63. The lowest BCUT2D eigenvalue weighted by Crippen LogP contribution is -2.37. The molecule has 1 N–H and O–H groups in total. The van der Waals surface area contributed by atoms with Gasteiger partial charge in [0, 0.05) is 17.6 Å². The van der Waals surface area contributed by atoms with Crippen molar-refractivity contribution in [2.24, 2.45) is 5.92 Å². The fraction of sp³-hybridized carbons (Fsp3) is 0.385. The number of thiazole rings is 1. The number of aryl methyl sites for hydroxylation is 1. The summed E-state index contributed by atoms with van der Waals surface area (Å²) in [5.41, 5.74) is 4.03. The van der Waals surface area contributed by atoms with Crippen molar-refractivity contribution in [3.63, 3.8) is 0 Å². The van der Waals surface area contributed by atoms with Crippen molar-refractivity contribution in [3.8, 4) is 5.75 Å². The topological polar surface area (TPSA) is 54.5 Å². The van der Waals surface area contributed by atoms with E-state index in [-0.39, 0.29) is 6.03 Å². The second-order valence-electron chi connectivity index (χ2n) is 8.78. The molecule has 0 unspecified atom stereocenters. The standard InChI is InChI=1S/C26H33N3O2S/c1-18(2)14-29(26(30)28-21-12-10-20(5)11-13-21)15-22-17-32-25(27-22)16-31-24-9-7-6-8-23(24)19(3)4/h6-13,17-19H,14-16H2,1-5H3,(H,28,30). The summed E-state index contributed by atoms with van der Waals surface area (Å²) in [7, 11) is 0. The van der Waals surface area contributed by atoms with E-state index in [4.69, 9.17) is 9.72 Å². The molecule has 0 aliphatic rings. The average molecular weight is 452 g/mol. The monoisotopic (exact) mass is 451 g/mol. The predicted molar refractivity (Wildman–Crippen MR) is 132 cm³/mol. The van der Waals surface area contributed by atoms with Gasteiger partial charge < -0.3 is 15.0 Å². The van der Waals surface area contributed by atoms with Crippen LogP contribution in [0, 0.1) is 12.8 Å². The first-order valence-corrected chi connectivity index (χ1v) is 12.0. The van der Waals surface area contributed by atoms with Crippen LogP contribution in [0.2, 0.25) is 0 Å². The highest BCUT2D eigenvalue weighted by Gasteiger charge is 2.17. The van der Waals surface area contributed by atoms with E-state index in [1.54, 1.807) is 11.3 Å². The number of aromatic nitrogens is 1. The van der Waals surface area contributed by atoms with E-state index in [1.807, 2.05) is 59.7 Å². The normalized spacial score (nSPS) is 11.1. The van der Waals surface area contributed by atoms with Gasteiger partial charge >= 0.3 is 6.03 Å². The molecule has 0 aliphatic heterocycles. The smallest absolute Gasteiger partial charge is 0.322 e. The maximum atomic E-state index is 12.9. The third-order valence-electron chi connectivity index (χ3n) is 5.02. The number of benzene rings is 2. The summed E-state index contributed by atoms with van der Waals surface area (Å²) in [6, 6.07) is 15.9. The summed E-state index contributed by atoms with van der Waals surface area (Å²) in [4.78, 5) is 19.5. The molecular formula is C26H33N3O2S. The second-order valence-corrected chi connectivity index (χ2v) is 9.73. The van der Waals surface area contributed by atoms with Crippen LogP contribution in [0.5, 0.6) is 5.75 Å². The van der Waals surface area contributed by atoms with Gasteiger partial charge in [0.05, 0.1) is 12.2 Å². The number of carbonyl (C=O) groups excluding carboxylic acids is 1. The molecule has 3 rings (SSSR count). The number of hydrogen-bond donors (Lipinski definition) is 1. The number of ether oxygens (including phenoxy) is 1. The highest BCUT2D eigenvalue weighted by molar-refractivity contribution is 7.09. The van der Waals surface area contributed by atoms with Crippen molar-refractivity contribution in [2.75, 3.05) is 11.9 Å². The van der Waals surface area contributed by atoms with E-state index in [2.05, 4.69) is 39.1 Å². The highest BCUT2D eigenvalue weighted by Crippen LogP contribution is 2.27. The van der Waals surface area contributed by atoms with Crippen LogP contribution in [0.15, 0.2) is 53.9 Å². The number of anilines is 1. The van der Waals surface area contributed by atoms with Crippen molar-refractivity contribution in [2.45, 2.75) is 53.7 Å². The van der Waals surface area contributed by atoms with Crippen molar-refractivity contribution in [3.05, 3.63) is 75.7 Å². The molecule has 1 heterocycles. The average Bonchev–Trinajstić information content (AvgIpc) is 3.20. The summed E-state index contributed by atoms with van der Waals surface area (Å²) in [5.74, 6) is 1.65. The summed E-state index contributed by atoms with van der Waals surface area (Å²) in [5, 5.41) is 5.92. The van der Waals surface area contributed by atoms with Gasteiger partial charge in [0.15, 0.2) is 0 Å². The van der Waals surface area contributed by atoms with Crippen LogP contribution in [-0.2, 0) is 13.2 Å². The maximum absolute atomic E-state index is 12.9. The number of nitrogens with one attached hydrogen (secondary N) is 1. The summed E-state index contributed by atoms with van der Waals surface area (Å²) < 4.78 is 6.06. The lowest BCUT2D eigenvalue weighted by Gasteiger charge is -2.24. The Bertz CT molecular complexity index is 1010. The van der Waals surface area contributed by atoms with Gasteiger partial charge in [-0.05, 0) is 42.5 Å². The zero-order valence-corrected chi connectivity index (χ0v) is 20.4. The molecule has 3 aromatic rings. The van der Waals surface area contributed by atoms with Crippen LogP contribution >= 0.6 is 11.3 Å². The fourth-order valence-corrected chi connectivity index (χ4v) is 4.11. The molecule has 170 valence electrons. The van der Waals surface area contributed by atoms with Gasteiger partial charge in [-0.3, -0.25) is 0 Å². The molecule has 0 aliphatic carbocycles. The summed E-state index contributed by atoms with van der Waals surface area (Å²) in [6.07, 6.45) is 0. The Hall–Kier alpha value is -2.86. The zero-order chi connectivity index (χ0) is 23.1.